The molecule has 0 aromatic heterocycles. The van der Waals surface area contributed by atoms with Crippen molar-refractivity contribution < 1.29 is 17.6 Å². The van der Waals surface area contributed by atoms with Gasteiger partial charge in [0, 0.05) is 11.1 Å². The average Bonchev–Trinajstić information content (AvgIpc) is 2.88. The van der Waals surface area contributed by atoms with Crippen LogP contribution in [0.3, 0.4) is 0 Å². The molecule has 0 unspecified atom stereocenters. The quantitative estimate of drug-likeness (QED) is 0.296. The topological polar surface area (TPSA) is 0 Å². The van der Waals surface area contributed by atoms with Gasteiger partial charge in [-0.1, -0.05) is 81.0 Å². The zero-order valence-electron chi connectivity index (χ0n) is 20.4. The maximum Gasteiger partial charge on any atom is 0.166 e. The molecule has 4 rings (SSSR count). The molecule has 0 spiro atoms. The van der Waals surface area contributed by atoms with E-state index >= 15 is 8.78 Å². The van der Waals surface area contributed by atoms with E-state index in [4.69, 9.17) is 0 Å². The Labute approximate surface area is 205 Å². The van der Waals surface area contributed by atoms with Crippen LogP contribution in [-0.2, 0) is 12.8 Å². The lowest BCUT2D eigenvalue weighted by Crippen LogP contribution is -2.13. The van der Waals surface area contributed by atoms with E-state index in [1.165, 1.54) is 5.56 Å². The fourth-order valence-electron chi connectivity index (χ4n) is 5.11. The Hall–Kier alpha value is -2.88. The summed E-state index contributed by atoms with van der Waals surface area (Å²) in [5.41, 5.74) is 3.19. The maximum absolute atomic E-state index is 15.1. The van der Waals surface area contributed by atoms with E-state index in [-0.39, 0.29) is 23.0 Å². The van der Waals surface area contributed by atoms with Crippen LogP contribution in [0.15, 0.2) is 54.6 Å². The van der Waals surface area contributed by atoms with Crippen molar-refractivity contribution >= 4 is 6.08 Å². The lowest BCUT2D eigenvalue weighted by atomic mass is 9.78. The van der Waals surface area contributed by atoms with Crippen molar-refractivity contribution in [2.45, 2.75) is 64.7 Å². The Kier molecular flexibility index (Phi) is 8.10. The number of allylic oxidation sites excluding steroid dienone is 1. The lowest BCUT2D eigenvalue weighted by Gasteiger charge is -2.27. The predicted octanol–water partition coefficient (Wildman–Crippen LogP) is 9.41. The molecule has 184 valence electrons. The SMILES string of the molecule is CCCc1ccc(-c2ccc(C3CCC(/C=C/c4ccc(CC)c(F)c4F)CC3)c(F)c2F)cc1. The molecule has 0 aliphatic heterocycles. The number of aryl methyl sites for hydroxylation is 2. The highest BCUT2D eigenvalue weighted by Gasteiger charge is 2.26. The first-order valence-corrected chi connectivity index (χ1v) is 12.6. The molecular weight excluding hydrogens is 448 g/mol. The average molecular weight is 481 g/mol. The normalized spacial score (nSPS) is 18.3. The van der Waals surface area contributed by atoms with Crippen LogP contribution >= 0.6 is 0 Å². The molecule has 0 amide bonds. The lowest BCUT2D eigenvalue weighted by molar-refractivity contribution is 0.365. The molecule has 0 heterocycles. The van der Waals surface area contributed by atoms with Gasteiger partial charge in [-0.3, -0.25) is 0 Å². The number of hydrogen-bond acceptors (Lipinski definition) is 0. The van der Waals surface area contributed by atoms with E-state index in [9.17, 15) is 8.78 Å². The molecule has 35 heavy (non-hydrogen) atoms. The van der Waals surface area contributed by atoms with Crippen molar-refractivity contribution in [3.63, 3.8) is 0 Å². The van der Waals surface area contributed by atoms with Gasteiger partial charge in [0.15, 0.2) is 23.3 Å². The van der Waals surface area contributed by atoms with Crippen LogP contribution in [0, 0.1) is 29.2 Å². The molecule has 0 saturated heterocycles. The fourth-order valence-corrected chi connectivity index (χ4v) is 5.11. The molecular formula is C31H32F4. The van der Waals surface area contributed by atoms with Crippen LogP contribution in [0.4, 0.5) is 17.6 Å². The largest absolute Gasteiger partial charge is 0.203 e. The van der Waals surface area contributed by atoms with E-state index in [0.717, 1.165) is 38.5 Å². The smallest absolute Gasteiger partial charge is 0.166 e. The third-order valence-electron chi connectivity index (χ3n) is 7.25. The molecule has 3 aromatic rings. The Balaban J connectivity index is 1.42. The van der Waals surface area contributed by atoms with Gasteiger partial charge in [-0.25, -0.2) is 17.6 Å². The maximum atomic E-state index is 15.1. The Morgan fingerprint density at radius 2 is 1.46 bits per heavy atom. The van der Waals surface area contributed by atoms with E-state index in [1.807, 2.05) is 30.3 Å². The van der Waals surface area contributed by atoms with Gasteiger partial charge in [-0.15, -0.1) is 0 Å². The van der Waals surface area contributed by atoms with Crippen LogP contribution in [0.5, 0.6) is 0 Å². The first-order valence-electron chi connectivity index (χ1n) is 12.6. The monoisotopic (exact) mass is 480 g/mol. The van der Waals surface area contributed by atoms with Crippen molar-refractivity contribution in [3.8, 4) is 11.1 Å². The molecule has 3 aromatic carbocycles. The molecule has 0 bridgehead atoms. The van der Waals surface area contributed by atoms with Gasteiger partial charge in [0.25, 0.3) is 0 Å². The zero-order valence-corrected chi connectivity index (χ0v) is 20.4. The number of rotatable bonds is 7. The molecule has 1 fully saturated rings. The second-order valence-corrected chi connectivity index (χ2v) is 9.54. The second-order valence-electron chi connectivity index (χ2n) is 9.54. The summed E-state index contributed by atoms with van der Waals surface area (Å²) in [5, 5.41) is 0. The summed E-state index contributed by atoms with van der Waals surface area (Å²) in [6.07, 6.45) is 9.04. The summed E-state index contributed by atoms with van der Waals surface area (Å²) >= 11 is 0. The molecule has 1 aliphatic rings. The predicted molar refractivity (Wildman–Crippen MR) is 135 cm³/mol. The van der Waals surface area contributed by atoms with Crippen molar-refractivity contribution in [2.75, 3.05) is 0 Å². The Morgan fingerprint density at radius 1 is 0.743 bits per heavy atom. The van der Waals surface area contributed by atoms with Gasteiger partial charge in [-0.2, -0.15) is 0 Å². The molecule has 0 N–H and O–H groups in total. The minimum Gasteiger partial charge on any atom is -0.203 e. The van der Waals surface area contributed by atoms with Crippen LogP contribution in [0.25, 0.3) is 17.2 Å². The Bertz CT molecular complexity index is 1190. The first-order chi connectivity index (χ1) is 16.9. The number of hydrogen-bond donors (Lipinski definition) is 0. The van der Waals surface area contributed by atoms with Crippen LogP contribution < -0.4 is 0 Å². The van der Waals surface area contributed by atoms with Crippen LogP contribution in [0.2, 0.25) is 0 Å². The summed E-state index contributed by atoms with van der Waals surface area (Å²) in [6, 6.07) is 14.3. The minimum atomic E-state index is -0.813. The summed E-state index contributed by atoms with van der Waals surface area (Å²) in [5.74, 6) is -2.99. The summed E-state index contributed by atoms with van der Waals surface area (Å²) < 4.78 is 58.4. The van der Waals surface area contributed by atoms with Gasteiger partial charge in [0.1, 0.15) is 0 Å². The zero-order chi connectivity index (χ0) is 24.9. The van der Waals surface area contributed by atoms with Crippen molar-refractivity contribution in [1.29, 1.82) is 0 Å². The minimum absolute atomic E-state index is 0.0480. The third-order valence-corrected chi connectivity index (χ3v) is 7.25. The number of benzene rings is 3. The molecule has 4 heteroatoms. The van der Waals surface area contributed by atoms with Gasteiger partial charge >= 0.3 is 0 Å². The second kappa shape index (κ2) is 11.2. The van der Waals surface area contributed by atoms with Gasteiger partial charge < -0.3 is 0 Å². The summed E-state index contributed by atoms with van der Waals surface area (Å²) in [7, 11) is 0. The molecule has 0 atom stereocenters. The third kappa shape index (κ3) is 5.52. The van der Waals surface area contributed by atoms with E-state index in [1.54, 1.807) is 37.3 Å². The van der Waals surface area contributed by atoms with Gasteiger partial charge in [0.2, 0.25) is 0 Å². The van der Waals surface area contributed by atoms with E-state index in [0.29, 0.717) is 23.1 Å². The van der Waals surface area contributed by atoms with E-state index in [2.05, 4.69) is 6.92 Å². The molecule has 0 nitrogen and oxygen atoms in total. The van der Waals surface area contributed by atoms with E-state index < -0.39 is 23.3 Å². The van der Waals surface area contributed by atoms with Crippen molar-refractivity contribution in [2.24, 2.45) is 5.92 Å². The Morgan fingerprint density at radius 3 is 2.11 bits per heavy atom. The summed E-state index contributed by atoms with van der Waals surface area (Å²) in [6.45, 7) is 3.90. The van der Waals surface area contributed by atoms with Crippen LogP contribution in [0.1, 0.15) is 74.1 Å². The standard InChI is InChI=1S/C31H32F4/c1-3-5-20-6-11-23(12-7-20)26-18-19-27(31(35)30(26)34)24-13-8-21(9-14-24)10-15-25-17-16-22(4-2)28(32)29(25)33/h6-7,10-12,15-19,21,24H,3-5,8-9,13-14H2,1-2H3/b15-10+. The highest BCUT2D eigenvalue weighted by Crippen LogP contribution is 2.39. The summed E-state index contributed by atoms with van der Waals surface area (Å²) in [4.78, 5) is 0. The molecule has 1 aliphatic carbocycles. The first kappa shape index (κ1) is 25.2. The highest BCUT2D eigenvalue weighted by atomic mass is 19.2. The molecule has 1 saturated carbocycles. The van der Waals surface area contributed by atoms with Crippen molar-refractivity contribution in [1.82, 2.24) is 0 Å². The van der Waals surface area contributed by atoms with Crippen molar-refractivity contribution in [3.05, 3.63) is 100 Å². The molecule has 0 radical (unpaired) electrons. The van der Waals surface area contributed by atoms with Gasteiger partial charge in [-0.05, 0) is 72.6 Å². The highest BCUT2D eigenvalue weighted by molar-refractivity contribution is 5.65. The van der Waals surface area contributed by atoms with Crippen LogP contribution in [-0.4, -0.2) is 0 Å². The van der Waals surface area contributed by atoms with Gasteiger partial charge in [0.05, 0.1) is 0 Å². The number of halogens is 4. The fraction of sp³-hybridized carbons (Fsp3) is 0.355.